The second kappa shape index (κ2) is 6.22. The van der Waals surface area contributed by atoms with Crippen molar-refractivity contribution < 1.29 is 13.2 Å². The van der Waals surface area contributed by atoms with E-state index in [1.807, 2.05) is 6.92 Å². The van der Waals surface area contributed by atoms with Crippen LogP contribution in [0, 0.1) is 12.8 Å². The lowest BCUT2D eigenvalue weighted by atomic mass is 9.93. The van der Waals surface area contributed by atoms with Crippen LogP contribution < -0.4 is 0 Å². The quantitative estimate of drug-likeness (QED) is 0.598. The van der Waals surface area contributed by atoms with E-state index < -0.39 is 26.7 Å². The van der Waals surface area contributed by atoms with Crippen LogP contribution in [0.1, 0.15) is 12.0 Å². The number of hydrogen-bond acceptors (Lipinski definition) is 3. The van der Waals surface area contributed by atoms with Crippen molar-refractivity contribution in [2.45, 2.75) is 23.1 Å². The van der Waals surface area contributed by atoms with Gasteiger partial charge >= 0.3 is 0 Å². The molecule has 1 aromatic carbocycles. The Hall–Kier alpha value is -1.04. The Labute approximate surface area is 140 Å². The van der Waals surface area contributed by atoms with Gasteiger partial charge in [-0.15, -0.1) is 29.8 Å². The molecule has 7 heteroatoms. The Bertz CT molecular complexity index is 687. The normalized spacial score (nSPS) is 25.5. The molecule has 2 atom stereocenters. The van der Waals surface area contributed by atoms with Gasteiger partial charge in [0.05, 0.1) is 4.90 Å². The summed E-state index contributed by atoms with van der Waals surface area (Å²) in [5, 5.41) is 0. The molecule has 0 saturated carbocycles. The van der Waals surface area contributed by atoms with E-state index in [9.17, 15) is 13.2 Å². The summed E-state index contributed by atoms with van der Waals surface area (Å²) in [5.41, 5.74) is 0.934. The average Bonchev–Trinajstić information content (AvgIpc) is 2.72. The minimum absolute atomic E-state index is 0.0180. The van der Waals surface area contributed by atoms with Gasteiger partial charge in [0, 0.05) is 18.3 Å². The molecule has 1 fully saturated rings. The van der Waals surface area contributed by atoms with Crippen molar-refractivity contribution in [3.8, 4) is 0 Å². The van der Waals surface area contributed by atoms with Gasteiger partial charge < -0.3 is 0 Å². The maximum Gasteiger partial charge on any atom is 0.266 e. The molecular weight excluding hydrogens is 345 g/mol. The van der Waals surface area contributed by atoms with Crippen LogP contribution in [0.15, 0.2) is 41.8 Å². The van der Waals surface area contributed by atoms with Gasteiger partial charge in [0.15, 0.2) is 0 Å². The first-order valence-corrected chi connectivity index (χ1v) is 9.12. The molecule has 1 aliphatic rings. The van der Waals surface area contributed by atoms with E-state index in [1.54, 1.807) is 12.1 Å². The van der Waals surface area contributed by atoms with Gasteiger partial charge in [0.2, 0.25) is 0 Å². The standard InChI is InChI=1S/C15H17Cl2NO3S/c1-3-8-15(17)12(9-16)10-18(14(15)19)22(20,21)13-6-4-11(2)5-7-13/h3-7,12H,1,8-10H2,2H3/t12?,15-/m0/s1. The predicted molar refractivity (Wildman–Crippen MR) is 87.7 cm³/mol. The predicted octanol–water partition coefficient (Wildman–Crippen LogP) is 2.93. The van der Waals surface area contributed by atoms with Crippen molar-refractivity contribution in [2.24, 2.45) is 5.92 Å². The fraction of sp³-hybridized carbons (Fsp3) is 0.400. The summed E-state index contributed by atoms with van der Waals surface area (Å²) in [5.74, 6) is -0.995. The second-order valence-electron chi connectivity index (χ2n) is 5.36. The highest BCUT2D eigenvalue weighted by molar-refractivity contribution is 7.89. The van der Waals surface area contributed by atoms with Crippen molar-refractivity contribution >= 4 is 39.1 Å². The van der Waals surface area contributed by atoms with E-state index in [4.69, 9.17) is 23.2 Å². The number of carbonyl (C=O) groups excluding carboxylic acids is 1. The van der Waals surface area contributed by atoms with Crippen molar-refractivity contribution in [2.75, 3.05) is 12.4 Å². The van der Waals surface area contributed by atoms with Crippen LogP contribution in [0.4, 0.5) is 0 Å². The molecule has 4 nitrogen and oxygen atoms in total. The van der Waals surface area contributed by atoms with Crippen molar-refractivity contribution in [1.82, 2.24) is 4.31 Å². The molecule has 0 aromatic heterocycles. The number of benzene rings is 1. The van der Waals surface area contributed by atoms with Gasteiger partial charge in [-0.1, -0.05) is 23.8 Å². The Morgan fingerprint density at radius 1 is 1.41 bits per heavy atom. The van der Waals surface area contributed by atoms with Crippen LogP contribution in [-0.4, -0.2) is 35.9 Å². The number of amides is 1. The Morgan fingerprint density at radius 3 is 2.50 bits per heavy atom. The minimum atomic E-state index is -3.93. The van der Waals surface area contributed by atoms with Crippen molar-refractivity contribution in [3.63, 3.8) is 0 Å². The van der Waals surface area contributed by atoms with Crippen LogP contribution in [0.3, 0.4) is 0 Å². The maximum absolute atomic E-state index is 12.7. The van der Waals surface area contributed by atoms with E-state index >= 15 is 0 Å². The number of halogens is 2. The third-order valence-electron chi connectivity index (χ3n) is 3.85. The first kappa shape index (κ1) is 17.3. The molecule has 0 bridgehead atoms. The highest BCUT2D eigenvalue weighted by Gasteiger charge is 2.55. The molecule has 0 aliphatic carbocycles. The molecule has 120 valence electrons. The minimum Gasteiger partial charge on any atom is -0.272 e. The van der Waals surface area contributed by atoms with Crippen LogP contribution in [0.25, 0.3) is 0 Å². The van der Waals surface area contributed by atoms with Gasteiger partial charge in [-0.25, -0.2) is 12.7 Å². The number of alkyl halides is 2. The number of sulfonamides is 1. The first-order chi connectivity index (χ1) is 10.3. The number of carbonyl (C=O) groups is 1. The van der Waals surface area contributed by atoms with Crippen molar-refractivity contribution in [3.05, 3.63) is 42.5 Å². The summed E-state index contributed by atoms with van der Waals surface area (Å²) in [6, 6.07) is 6.33. The summed E-state index contributed by atoms with van der Waals surface area (Å²) in [6.45, 7) is 5.42. The average molecular weight is 362 g/mol. The second-order valence-corrected chi connectivity index (χ2v) is 8.21. The molecule has 1 heterocycles. The fourth-order valence-electron chi connectivity index (χ4n) is 2.49. The van der Waals surface area contributed by atoms with Crippen LogP contribution in [0.5, 0.6) is 0 Å². The highest BCUT2D eigenvalue weighted by atomic mass is 35.5. The van der Waals surface area contributed by atoms with E-state index in [-0.39, 0.29) is 23.7 Å². The first-order valence-electron chi connectivity index (χ1n) is 6.77. The number of rotatable bonds is 5. The number of hydrogen-bond donors (Lipinski definition) is 0. The molecule has 1 aliphatic heterocycles. The summed E-state index contributed by atoms with van der Waals surface area (Å²) in [7, 11) is -3.93. The number of aryl methyl sites for hydroxylation is 1. The van der Waals surface area contributed by atoms with Gasteiger partial charge in [0.25, 0.3) is 15.9 Å². The molecule has 0 spiro atoms. The fourth-order valence-corrected chi connectivity index (χ4v) is 4.83. The molecule has 22 heavy (non-hydrogen) atoms. The summed E-state index contributed by atoms with van der Waals surface area (Å²) < 4.78 is 26.2. The van der Waals surface area contributed by atoms with Crippen LogP contribution in [-0.2, 0) is 14.8 Å². The zero-order valence-electron chi connectivity index (χ0n) is 12.1. The van der Waals surface area contributed by atoms with E-state index in [1.165, 1.54) is 18.2 Å². The van der Waals surface area contributed by atoms with Gasteiger partial charge in [-0.3, -0.25) is 4.79 Å². The molecule has 1 aromatic rings. The zero-order valence-corrected chi connectivity index (χ0v) is 14.5. The molecular formula is C15H17Cl2NO3S. The number of allylic oxidation sites excluding steroid dienone is 1. The summed E-state index contributed by atoms with van der Waals surface area (Å²) >= 11 is 12.3. The third-order valence-corrected chi connectivity index (χ3v) is 6.61. The molecule has 0 radical (unpaired) electrons. The zero-order chi connectivity index (χ0) is 16.5. The lowest BCUT2D eigenvalue weighted by Crippen LogP contribution is -2.40. The van der Waals surface area contributed by atoms with Crippen molar-refractivity contribution in [1.29, 1.82) is 0 Å². The SMILES string of the molecule is C=CC[C@@]1(Cl)C(=O)N(S(=O)(=O)c2ccc(C)cc2)CC1CCl. The Morgan fingerprint density at radius 2 is 2.00 bits per heavy atom. The molecule has 2 rings (SSSR count). The van der Waals surface area contributed by atoms with E-state index in [0.717, 1.165) is 9.87 Å². The highest BCUT2D eigenvalue weighted by Crippen LogP contribution is 2.41. The van der Waals surface area contributed by atoms with Crippen LogP contribution in [0.2, 0.25) is 0 Å². The Balaban J connectivity index is 2.42. The smallest absolute Gasteiger partial charge is 0.266 e. The Kier molecular flexibility index (Phi) is 4.90. The van der Waals surface area contributed by atoms with Gasteiger partial charge in [0.1, 0.15) is 4.87 Å². The monoisotopic (exact) mass is 361 g/mol. The lowest BCUT2D eigenvalue weighted by Gasteiger charge is -2.22. The molecule has 1 saturated heterocycles. The molecule has 1 unspecified atom stereocenters. The molecule has 0 N–H and O–H groups in total. The third kappa shape index (κ3) is 2.77. The maximum atomic E-state index is 12.7. The van der Waals surface area contributed by atoms with E-state index in [2.05, 4.69) is 6.58 Å². The van der Waals surface area contributed by atoms with Gasteiger partial charge in [-0.05, 0) is 25.5 Å². The van der Waals surface area contributed by atoms with Gasteiger partial charge in [-0.2, -0.15) is 0 Å². The topological polar surface area (TPSA) is 54.5 Å². The van der Waals surface area contributed by atoms with Crippen LogP contribution >= 0.6 is 23.2 Å². The summed E-state index contributed by atoms with van der Waals surface area (Å²) in [6.07, 6.45) is 1.68. The van der Waals surface area contributed by atoms with E-state index in [0.29, 0.717) is 0 Å². The summed E-state index contributed by atoms with van der Waals surface area (Å²) in [4.78, 5) is 11.3. The molecule has 1 amide bonds. The lowest BCUT2D eigenvalue weighted by molar-refractivity contribution is -0.126. The largest absolute Gasteiger partial charge is 0.272 e. The number of nitrogens with zero attached hydrogens (tertiary/aromatic N) is 1.